The Morgan fingerprint density at radius 1 is 1.05 bits per heavy atom. The summed E-state index contributed by atoms with van der Waals surface area (Å²) in [4.78, 5) is 0. The molecule has 100 valence electrons. The van der Waals surface area contributed by atoms with Gasteiger partial charge in [0.05, 0.1) is 13.2 Å². The van der Waals surface area contributed by atoms with Crippen LogP contribution in [0.4, 0.5) is 5.69 Å². The second-order valence-electron chi connectivity index (χ2n) is 4.66. The molecule has 2 heteroatoms. The highest BCUT2D eigenvalue weighted by molar-refractivity contribution is 5.48. The summed E-state index contributed by atoms with van der Waals surface area (Å²) < 4.78 is 5.40. The summed E-state index contributed by atoms with van der Waals surface area (Å²) >= 11 is 0. The first-order chi connectivity index (χ1) is 9.24. The van der Waals surface area contributed by atoms with E-state index in [0.29, 0.717) is 0 Å². The highest BCUT2D eigenvalue weighted by atomic mass is 16.5. The van der Waals surface area contributed by atoms with Crippen molar-refractivity contribution in [3.05, 3.63) is 59.7 Å². The molecule has 2 aromatic rings. The number of anilines is 1. The minimum Gasteiger partial charge on any atom is -0.496 e. The molecule has 0 bridgehead atoms. The van der Waals surface area contributed by atoms with Gasteiger partial charge in [0.2, 0.25) is 0 Å². The van der Waals surface area contributed by atoms with Crippen molar-refractivity contribution in [2.45, 2.75) is 26.3 Å². The third-order valence-electron chi connectivity index (χ3n) is 3.35. The normalized spacial score (nSPS) is 11.9. The zero-order chi connectivity index (χ0) is 13.7. The first-order valence-electron chi connectivity index (χ1n) is 6.73. The number of hydrogen-bond acceptors (Lipinski definition) is 2. The van der Waals surface area contributed by atoms with Crippen LogP contribution in [0.15, 0.2) is 48.5 Å². The topological polar surface area (TPSA) is 21.3 Å². The third-order valence-corrected chi connectivity index (χ3v) is 3.35. The number of rotatable bonds is 5. The van der Waals surface area contributed by atoms with Crippen molar-refractivity contribution >= 4 is 5.69 Å². The SMILES string of the molecule is CCc1ccc(NC(C)c2ccccc2OC)cc1. The lowest BCUT2D eigenvalue weighted by Crippen LogP contribution is -2.08. The Morgan fingerprint density at radius 2 is 1.74 bits per heavy atom. The average Bonchev–Trinajstić information content (AvgIpc) is 2.48. The van der Waals surface area contributed by atoms with Crippen molar-refractivity contribution in [1.29, 1.82) is 0 Å². The molecule has 0 heterocycles. The Morgan fingerprint density at radius 3 is 2.37 bits per heavy atom. The molecule has 0 saturated carbocycles. The second-order valence-corrected chi connectivity index (χ2v) is 4.66. The molecule has 2 nitrogen and oxygen atoms in total. The first kappa shape index (κ1) is 13.5. The summed E-state index contributed by atoms with van der Waals surface area (Å²) in [5, 5.41) is 3.50. The minimum atomic E-state index is 0.212. The zero-order valence-electron chi connectivity index (χ0n) is 11.8. The Kier molecular flexibility index (Phi) is 4.45. The van der Waals surface area contributed by atoms with Gasteiger partial charge in [-0.15, -0.1) is 0 Å². The van der Waals surface area contributed by atoms with Gasteiger partial charge in [0.15, 0.2) is 0 Å². The molecule has 0 radical (unpaired) electrons. The number of ether oxygens (including phenoxy) is 1. The Labute approximate surface area is 115 Å². The van der Waals surface area contributed by atoms with E-state index in [9.17, 15) is 0 Å². The lowest BCUT2D eigenvalue weighted by molar-refractivity contribution is 0.408. The molecule has 2 rings (SSSR count). The Balaban J connectivity index is 2.13. The summed E-state index contributed by atoms with van der Waals surface area (Å²) in [5.41, 5.74) is 3.66. The lowest BCUT2D eigenvalue weighted by atomic mass is 10.1. The molecule has 1 unspecified atom stereocenters. The monoisotopic (exact) mass is 255 g/mol. The molecule has 19 heavy (non-hydrogen) atoms. The maximum atomic E-state index is 5.40. The van der Waals surface area contributed by atoms with Crippen LogP contribution in [0, 0.1) is 0 Å². The van der Waals surface area contributed by atoms with Gasteiger partial charge in [-0.3, -0.25) is 0 Å². The van der Waals surface area contributed by atoms with E-state index in [1.807, 2.05) is 18.2 Å². The summed E-state index contributed by atoms with van der Waals surface area (Å²) in [7, 11) is 1.71. The third kappa shape index (κ3) is 3.28. The van der Waals surface area contributed by atoms with Crippen LogP contribution in [-0.2, 0) is 6.42 Å². The fraction of sp³-hybridized carbons (Fsp3) is 0.294. The van der Waals surface area contributed by atoms with E-state index in [2.05, 4.69) is 49.5 Å². The number of para-hydroxylation sites is 1. The maximum absolute atomic E-state index is 5.40. The molecular weight excluding hydrogens is 234 g/mol. The molecule has 1 N–H and O–H groups in total. The van der Waals surface area contributed by atoms with Crippen LogP contribution in [0.25, 0.3) is 0 Å². The molecule has 1 atom stereocenters. The number of methoxy groups -OCH3 is 1. The molecule has 0 saturated heterocycles. The standard InChI is InChI=1S/C17H21NO/c1-4-14-9-11-15(12-10-14)18-13(2)16-7-5-6-8-17(16)19-3/h5-13,18H,4H2,1-3H3. The van der Waals surface area contributed by atoms with Gasteiger partial charge < -0.3 is 10.1 Å². The van der Waals surface area contributed by atoms with Gasteiger partial charge in [0.25, 0.3) is 0 Å². The molecule has 0 amide bonds. The van der Waals surface area contributed by atoms with Gasteiger partial charge in [-0.1, -0.05) is 37.3 Å². The van der Waals surface area contributed by atoms with Crippen LogP contribution in [0.2, 0.25) is 0 Å². The van der Waals surface area contributed by atoms with Crippen molar-refractivity contribution < 1.29 is 4.74 Å². The molecule has 0 fully saturated rings. The van der Waals surface area contributed by atoms with Gasteiger partial charge in [-0.25, -0.2) is 0 Å². The summed E-state index contributed by atoms with van der Waals surface area (Å²) in [6.45, 7) is 4.31. The predicted molar refractivity (Wildman–Crippen MR) is 80.9 cm³/mol. The highest BCUT2D eigenvalue weighted by Crippen LogP contribution is 2.27. The van der Waals surface area contributed by atoms with E-state index in [1.165, 1.54) is 11.1 Å². The number of nitrogens with one attached hydrogen (secondary N) is 1. The summed E-state index contributed by atoms with van der Waals surface area (Å²) in [6, 6.07) is 16.9. The van der Waals surface area contributed by atoms with Gasteiger partial charge in [0, 0.05) is 11.3 Å². The molecule has 0 spiro atoms. The lowest BCUT2D eigenvalue weighted by Gasteiger charge is -2.18. The fourth-order valence-electron chi connectivity index (χ4n) is 2.19. The average molecular weight is 255 g/mol. The Hall–Kier alpha value is -1.96. The van der Waals surface area contributed by atoms with Gasteiger partial charge >= 0.3 is 0 Å². The van der Waals surface area contributed by atoms with E-state index >= 15 is 0 Å². The van der Waals surface area contributed by atoms with Crippen molar-refractivity contribution in [3.8, 4) is 5.75 Å². The fourth-order valence-corrected chi connectivity index (χ4v) is 2.19. The zero-order valence-corrected chi connectivity index (χ0v) is 11.8. The quantitative estimate of drug-likeness (QED) is 0.853. The van der Waals surface area contributed by atoms with E-state index in [-0.39, 0.29) is 6.04 Å². The van der Waals surface area contributed by atoms with E-state index in [0.717, 1.165) is 17.9 Å². The summed E-state index contributed by atoms with van der Waals surface area (Å²) in [6.07, 6.45) is 1.07. The smallest absolute Gasteiger partial charge is 0.124 e. The predicted octanol–water partition coefficient (Wildman–Crippen LogP) is 4.43. The van der Waals surface area contributed by atoms with Crippen LogP contribution < -0.4 is 10.1 Å². The van der Waals surface area contributed by atoms with E-state index < -0.39 is 0 Å². The van der Waals surface area contributed by atoms with Crippen molar-refractivity contribution in [1.82, 2.24) is 0 Å². The van der Waals surface area contributed by atoms with Crippen LogP contribution in [-0.4, -0.2) is 7.11 Å². The minimum absolute atomic E-state index is 0.212. The molecule has 2 aromatic carbocycles. The second kappa shape index (κ2) is 6.28. The number of hydrogen-bond donors (Lipinski definition) is 1. The van der Waals surface area contributed by atoms with Gasteiger partial charge in [0.1, 0.15) is 5.75 Å². The van der Waals surface area contributed by atoms with Crippen LogP contribution in [0.1, 0.15) is 31.0 Å². The molecule has 0 aliphatic carbocycles. The Bertz CT molecular complexity index is 519. The van der Waals surface area contributed by atoms with E-state index in [4.69, 9.17) is 4.74 Å². The van der Waals surface area contributed by atoms with E-state index in [1.54, 1.807) is 7.11 Å². The van der Waals surface area contributed by atoms with Crippen LogP contribution >= 0.6 is 0 Å². The summed E-state index contributed by atoms with van der Waals surface area (Å²) in [5.74, 6) is 0.924. The first-order valence-corrected chi connectivity index (χ1v) is 6.73. The maximum Gasteiger partial charge on any atom is 0.124 e. The number of benzene rings is 2. The van der Waals surface area contributed by atoms with Crippen molar-refractivity contribution in [2.24, 2.45) is 0 Å². The highest BCUT2D eigenvalue weighted by Gasteiger charge is 2.10. The molecular formula is C17H21NO. The van der Waals surface area contributed by atoms with Crippen LogP contribution in [0.5, 0.6) is 5.75 Å². The van der Waals surface area contributed by atoms with Gasteiger partial charge in [-0.05, 0) is 37.1 Å². The van der Waals surface area contributed by atoms with Crippen molar-refractivity contribution in [3.63, 3.8) is 0 Å². The van der Waals surface area contributed by atoms with Gasteiger partial charge in [-0.2, -0.15) is 0 Å². The molecule has 0 aliphatic heterocycles. The largest absolute Gasteiger partial charge is 0.496 e. The van der Waals surface area contributed by atoms with Crippen LogP contribution in [0.3, 0.4) is 0 Å². The number of aryl methyl sites for hydroxylation is 1. The van der Waals surface area contributed by atoms with Crippen molar-refractivity contribution in [2.75, 3.05) is 12.4 Å². The molecule has 0 aromatic heterocycles. The molecule has 0 aliphatic rings.